The van der Waals surface area contributed by atoms with E-state index in [-0.39, 0.29) is 11.3 Å². The molecule has 4 heteroatoms. The van der Waals surface area contributed by atoms with Crippen molar-refractivity contribution in [3.63, 3.8) is 0 Å². The van der Waals surface area contributed by atoms with Gasteiger partial charge in [0, 0.05) is 12.6 Å². The van der Waals surface area contributed by atoms with E-state index in [2.05, 4.69) is 22.9 Å². The molecule has 0 spiro atoms. The summed E-state index contributed by atoms with van der Waals surface area (Å²) in [4.78, 5) is 15.8. The highest BCUT2D eigenvalue weighted by Gasteiger charge is 2.42. The summed E-state index contributed by atoms with van der Waals surface area (Å²) in [5.41, 5.74) is 1.09. The Labute approximate surface area is 101 Å². The van der Waals surface area contributed by atoms with Crippen molar-refractivity contribution in [3.8, 4) is 0 Å². The first kappa shape index (κ1) is 11.5. The van der Waals surface area contributed by atoms with E-state index in [0.717, 1.165) is 24.3 Å². The third-order valence-corrected chi connectivity index (χ3v) is 3.69. The number of aromatic nitrogens is 1. The molecule has 0 aromatic carbocycles. The quantitative estimate of drug-likeness (QED) is 0.765. The highest BCUT2D eigenvalue weighted by molar-refractivity contribution is 7.80. The third-order valence-electron chi connectivity index (χ3n) is 3.02. The van der Waals surface area contributed by atoms with Crippen molar-refractivity contribution in [1.29, 1.82) is 0 Å². The molecule has 1 heterocycles. The van der Waals surface area contributed by atoms with Crippen LogP contribution in [0, 0.1) is 5.41 Å². The summed E-state index contributed by atoms with van der Waals surface area (Å²) in [6, 6.07) is 5.70. The number of nitrogens with zero attached hydrogens (tertiary/aromatic N) is 1. The molecule has 1 aromatic rings. The Hall–Kier alpha value is -1.03. The standard InChI is InChI=1S/C12H16N2OS/c15-11(7-12(9-16)4-5-12)14-8-10-3-1-2-6-13-10/h1-3,6,16H,4-5,7-9H2,(H,14,15). The average Bonchev–Trinajstić information content (AvgIpc) is 3.08. The number of nitrogens with one attached hydrogen (secondary N) is 1. The summed E-state index contributed by atoms with van der Waals surface area (Å²) in [5, 5.41) is 2.89. The van der Waals surface area contributed by atoms with Crippen LogP contribution in [-0.2, 0) is 11.3 Å². The van der Waals surface area contributed by atoms with Crippen LogP contribution in [0.4, 0.5) is 0 Å². The zero-order valence-electron chi connectivity index (χ0n) is 9.15. The Kier molecular flexibility index (Phi) is 3.49. The molecule has 1 aromatic heterocycles. The molecule has 1 aliphatic rings. The first-order chi connectivity index (χ1) is 7.74. The van der Waals surface area contributed by atoms with Gasteiger partial charge in [0.15, 0.2) is 0 Å². The zero-order valence-corrected chi connectivity index (χ0v) is 10.0. The van der Waals surface area contributed by atoms with E-state index in [1.165, 1.54) is 0 Å². The number of rotatable bonds is 5. The fourth-order valence-electron chi connectivity index (χ4n) is 1.66. The molecule has 1 amide bonds. The molecule has 1 N–H and O–H groups in total. The SMILES string of the molecule is O=C(CC1(CS)CC1)NCc1ccccn1. The van der Waals surface area contributed by atoms with E-state index in [1.807, 2.05) is 18.2 Å². The van der Waals surface area contributed by atoms with Gasteiger partial charge in [-0.3, -0.25) is 9.78 Å². The number of hydrogen-bond donors (Lipinski definition) is 2. The Morgan fingerprint density at radius 3 is 2.88 bits per heavy atom. The summed E-state index contributed by atoms with van der Waals surface area (Å²) in [6.07, 6.45) is 4.60. The van der Waals surface area contributed by atoms with Crippen molar-refractivity contribution in [2.45, 2.75) is 25.8 Å². The van der Waals surface area contributed by atoms with Crippen LogP contribution >= 0.6 is 12.6 Å². The number of thiol groups is 1. The second-order valence-corrected chi connectivity index (χ2v) is 4.75. The number of carbonyl (C=O) groups excluding carboxylic acids is 1. The van der Waals surface area contributed by atoms with Gasteiger partial charge in [0.1, 0.15) is 0 Å². The van der Waals surface area contributed by atoms with Crippen LogP contribution in [0.2, 0.25) is 0 Å². The summed E-state index contributed by atoms with van der Waals surface area (Å²) in [6.45, 7) is 0.516. The van der Waals surface area contributed by atoms with Gasteiger partial charge in [-0.25, -0.2) is 0 Å². The van der Waals surface area contributed by atoms with Crippen LogP contribution in [0.25, 0.3) is 0 Å². The summed E-state index contributed by atoms with van der Waals surface area (Å²) in [5.74, 6) is 0.918. The van der Waals surface area contributed by atoms with Gasteiger partial charge in [-0.15, -0.1) is 0 Å². The van der Waals surface area contributed by atoms with Crippen molar-refractivity contribution >= 4 is 18.5 Å². The van der Waals surface area contributed by atoms with Crippen LogP contribution in [0.1, 0.15) is 25.0 Å². The van der Waals surface area contributed by atoms with E-state index in [9.17, 15) is 4.79 Å². The minimum atomic E-state index is 0.109. The number of amides is 1. The Bertz CT molecular complexity index is 363. The monoisotopic (exact) mass is 236 g/mol. The summed E-state index contributed by atoms with van der Waals surface area (Å²) < 4.78 is 0. The zero-order chi connectivity index (χ0) is 11.4. The van der Waals surface area contributed by atoms with Crippen LogP contribution in [0.15, 0.2) is 24.4 Å². The second kappa shape index (κ2) is 4.87. The third kappa shape index (κ3) is 2.98. The number of pyridine rings is 1. The second-order valence-electron chi connectivity index (χ2n) is 4.43. The van der Waals surface area contributed by atoms with Crippen LogP contribution in [-0.4, -0.2) is 16.6 Å². The van der Waals surface area contributed by atoms with Crippen molar-refractivity contribution < 1.29 is 4.79 Å². The van der Waals surface area contributed by atoms with E-state index in [0.29, 0.717) is 13.0 Å². The average molecular weight is 236 g/mol. The minimum absolute atomic E-state index is 0.109. The van der Waals surface area contributed by atoms with Gasteiger partial charge in [-0.05, 0) is 36.1 Å². The van der Waals surface area contributed by atoms with Crippen molar-refractivity contribution in [2.75, 3.05) is 5.75 Å². The Balaban J connectivity index is 1.76. The number of carbonyl (C=O) groups is 1. The van der Waals surface area contributed by atoms with Crippen molar-refractivity contribution in [2.24, 2.45) is 5.41 Å². The maximum Gasteiger partial charge on any atom is 0.220 e. The molecule has 1 saturated carbocycles. The molecule has 3 nitrogen and oxygen atoms in total. The van der Waals surface area contributed by atoms with Gasteiger partial charge >= 0.3 is 0 Å². The topological polar surface area (TPSA) is 42.0 Å². The molecule has 0 bridgehead atoms. The molecule has 0 radical (unpaired) electrons. The molecule has 2 rings (SSSR count). The lowest BCUT2D eigenvalue weighted by atomic mass is 10.1. The van der Waals surface area contributed by atoms with Gasteiger partial charge in [0.25, 0.3) is 0 Å². The summed E-state index contributed by atoms with van der Waals surface area (Å²) >= 11 is 4.28. The lowest BCUT2D eigenvalue weighted by Crippen LogP contribution is -2.26. The highest BCUT2D eigenvalue weighted by atomic mass is 32.1. The normalized spacial score (nSPS) is 16.8. The van der Waals surface area contributed by atoms with Gasteiger partial charge in [0.2, 0.25) is 5.91 Å². The molecule has 1 aliphatic carbocycles. The molecule has 86 valence electrons. The van der Waals surface area contributed by atoms with Crippen molar-refractivity contribution in [3.05, 3.63) is 30.1 Å². The van der Waals surface area contributed by atoms with Crippen LogP contribution in [0.5, 0.6) is 0 Å². The molecule has 0 unspecified atom stereocenters. The highest BCUT2D eigenvalue weighted by Crippen LogP contribution is 2.49. The maximum absolute atomic E-state index is 11.7. The lowest BCUT2D eigenvalue weighted by Gasteiger charge is -2.11. The van der Waals surface area contributed by atoms with Gasteiger partial charge in [0.05, 0.1) is 12.2 Å². The maximum atomic E-state index is 11.7. The lowest BCUT2D eigenvalue weighted by molar-refractivity contribution is -0.122. The fraction of sp³-hybridized carbons (Fsp3) is 0.500. The first-order valence-corrected chi connectivity index (χ1v) is 6.15. The Morgan fingerprint density at radius 2 is 2.31 bits per heavy atom. The smallest absolute Gasteiger partial charge is 0.220 e. The molecular weight excluding hydrogens is 220 g/mol. The molecule has 0 atom stereocenters. The fourth-order valence-corrected chi connectivity index (χ4v) is 2.09. The minimum Gasteiger partial charge on any atom is -0.350 e. The van der Waals surface area contributed by atoms with Gasteiger partial charge < -0.3 is 5.32 Å². The van der Waals surface area contributed by atoms with E-state index >= 15 is 0 Å². The van der Waals surface area contributed by atoms with Crippen molar-refractivity contribution in [1.82, 2.24) is 10.3 Å². The predicted molar refractivity (Wildman–Crippen MR) is 66.2 cm³/mol. The van der Waals surface area contributed by atoms with Crippen LogP contribution < -0.4 is 5.32 Å². The summed E-state index contributed by atoms with van der Waals surface area (Å²) in [7, 11) is 0. The predicted octanol–water partition coefficient (Wildman–Crippen LogP) is 1.80. The van der Waals surface area contributed by atoms with E-state index in [4.69, 9.17) is 0 Å². The molecule has 0 aliphatic heterocycles. The van der Waals surface area contributed by atoms with E-state index in [1.54, 1.807) is 6.20 Å². The molecule has 0 saturated heterocycles. The molecule has 1 fully saturated rings. The molecular formula is C12H16N2OS. The molecule has 16 heavy (non-hydrogen) atoms. The van der Waals surface area contributed by atoms with Gasteiger partial charge in [-0.2, -0.15) is 12.6 Å². The largest absolute Gasteiger partial charge is 0.350 e. The van der Waals surface area contributed by atoms with Gasteiger partial charge in [-0.1, -0.05) is 6.07 Å². The van der Waals surface area contributed by atoms with Crippen LogP contribution in [0.3, 0.4) is 0 Å². The first-order valence-electron chi connectivity index (χ1n) is 5.52. The van der Waals surface area contributed by atoms with E-state index < -0.39 is 0 Å². The Morgan fingerprint density at radius 1 is 1.50 bits per heavy atom. The number of hydrogen-bond acceptors (Lipinski definition) is 3.